The normalized spacial score (nSPS) is 11.4. The highest BCUT2D eigenvalue weighted by Gasteiger charge is 2.18. The van der Waals surface area contributed by atoms with Crippen LogP contribution in [0.15, 0.2) is 72.8 Å². The van der Waals surface area contributed by atoms with Gasteiger partial charge in [-0.2, -0.15) is 0 Å². The molecular formula is C23H24FN2O4P. The molecule has 8 heteroatoms. The van der Waals surface area contributed by atoms with E-state index >= 15 is 0 Å². The van der Waals surface area contributed by atoms with Crippen LogP contribution in [0.5, 0.6) is 0 Å². The zero-order chi connectivity index (χ0) is 22.4. The van der Waals surface area contributed by atoms with Crippen molar-refractivity contribution >= 4 is 13.5 Å². The summed E-state index contributed by atoms with van der Waals surface area (Å²) < 4.78 is 24.9. The molecule has 0 radical (unpaired) electrons. The summed E-state index contributed by atoms with van der Waals surface area (Å²) in [5.74, 6) is -0.810. The van der Waals surface area contributed by atoms with Crippen molar-refractivity contribution in [2.24, 2.45) is 5.73 Å². The van der Waals surface area contributed by atoms with Gasteiger partial charge >= 0.3 is 7.60 Å². The molecule has 0 fully saturated rings. The van der Waals surface area contributed by atoms with Crippen LogP contribution in [0.2, 0.25) is 0 Å². The van der Waals surface area contributed by atoms with Gasteiger partial charge in [0.05, 0.1) is 6.16 Å². The maximum atomic E-state index is 13.7. The van der Waals surface area contributed by atoms with Crippen LogP contribution in [0, 0.1) is 5.82 Å². The van der Waals surface area contributed by atoms with Gasteiger partial charge in [-0.1, -0.05) is 54.6 Å². The lowest BCUT2D eigenvalue weighted by molar-refractivity contribution is 0.0729. The fraction of sp³-hybridized carbons (Fsp3) is 0.174. The van der Waals surface area contributed by atoms with E-state index in [-0.39, 0.29) is 24.2 Å². The fourth-order valence-corrected chi connectivity index (χ4v) is 3.97. The summed E-state index contributed by atoms with van der Waals surface area (Å²) in [6, 6.07) is 19.9. The van der Waals surface area contributed by atoms with Crippen molar-refractivity contribution in [2.45, 2.75) is 25.8 Å². The molecule has 0 aromatic heterocycles. The number of carbonyl (C=O) groups excluding carboxylic acids is 1. The summed E-state index contributed by atoms with van der Waals surface area (Å²) >= 11 is 0. The number of nitrogens with two attached hydrogens (primary N) is 1. The second-order valence-electron chi connectivity index (χ2n) is 7.33. The topological polar surface area (TPSA) is 104 Å². The van der Waals surface area contributed by atoms with Gasteiger partial charge in [0.15, 0.2) is 0 Å². The molecule has 0 bridgehead atoms. The van der Waals surface area contributed by atoms with Crippen LogP contribution >= 0.6 is 7.60 Å². The van der Waals surface area contributed by atoms with Gasteiger partial charge in [-0.15, -0.1) is 0 Å². The Labute approximate surface area is 180 Å². The lowest BCUT2D eigenvalue weighted by Crippen LogP contribution is -2.30. The van der Waals surface area contributed by atoms with E-state index in [9.17, 15) is 13.8 Å². The van der Waals surface area contributed by atoms with Crippen LogP contribution in [-0.2, 0) is 30.4 Å². The molecule has 1 amide bonds. The minimum atomic E-state index is -4.15. The van der Waals surface area contributed by atoms with Crippen molar-refractivity contribution in [1.29, 1.82) is 0 Å². The Morgan fingerprint density at radius 2 is 1.48 bits per heavy atom. The molecule has 6 nitrogen and oxygen atoms in total. The molecule has 0 aliphatic carbocycles. The Kier molecular flexibility index (Phi) is 7.36. The van der Waals surface area contributed by atoms with E-state index in [2.05, 4.69) is 0 Å². The van der Waals surface area contributed by atoms with E-state index in [0.29, 0.717) is 18.7 Å². The number of nitrogens with zero attached hydrogens (tertiary/aromatic N) is 1. The van der Waals surface area contributed by atoms with E-state index in [4.69, 9.17) is 15.5 Å². The van der Waals surface area contributed by atoms with Crippen molar-refractivity contribution in [2.75, 3.05) is 0 Å². The fourth-order valence-electron chi connectivity index (χ4n) is 3.29. The summed E-state index contributed by atoms with van der Waals surface area (Å²) in [7, 11) is -4.15. The van der Waals surface area contributed by atoms with Gasteiger partial charge in [-0.3, -0.25) is 9.36 Å². The van der Waals surface area contributed by atoms with E-state index in [1.54, 1.807) is 35.2 Å². The molecule has 0 aliphatic rings. The van der Waals surface area contributed by atoms with Gasteiger partial charge in [-0.25, -0.2) is 4.39 Å². The standard InChI is InChI=1S/C23H24FN2O4P/c24-22-6-2-5-21(12-22)23(27)26(15-20-4-1-3-19(11-20)13-25)14-17-7-9-18(10-8-17)16-31(28,29)30/h1-12H,13-16,25H2,(H2,28,29,30). The third-order valence-corrected chi connectivity index (χ3v) is 5.52. The van der Waals surface area contributed by atoms with E-state index in [0.717, 1.165) is 16.7 Å². The summed E-state index contributed by atoms with van der Waals surface area (Å²) in [4.78, 5) is 33.0. The molecule has 0 unspecified atom stereocenters. The van der Waals surface area contributed by atoms with Gasteiger partial charge < -0.3 is 20.4 Å². The molecule has 0 saturated heterocycles. The molecule has 0 atom stereocenters. The monoisotopic (exact) mass is 442 g/mol. The summed E-state index contributed by atoms with van der Waals surface area (Å²) in [5, 5.41) is 0. The molecule has 0 spiro atoms. The van der Waals surface area contributed by atoms with Crippen LogP contribution in [0.3, 0.4) is 0 Å². The second-order valence-corrected chi connectivity index (χ2v) is 8.98. The van der Waals surface area contributed by atoms with Crippen molar-refractivity contribution in [3.8, 4) is 0 Å². The summed E-state index contributed by atoms with van der Waals surface area (Å²) in [5.41, 5.74) is 9.10. The first-order valence-electron chi connectivity index (χ1n) is 9.68. The zero-order valence-electron chi connectivity index (χ0n) is 16.8. The number of hydrogen-bond donors (Lipinski definition) is 3. The minimum absolute atomic E-state index is 0.244. The van der Waals surface area contributed by atoms with E-state index in [1.807, 2.05) is 24.3 Å². The number of carbonyl (C=O) groups is 1. The maximum Gasteiger partial charge on any atom is 0.329 e. The highest BCUT2D eigenvalue weighted by molar-refractivity contribution is 7.50. The van der Waals surface area contributed by atoms with Crippen molar-refractivity contribution in [3.63, 3.8) is 0 Å². The molecule has 3 aromatic carbocycles. The van der Waals surface area contributed by atoms with Gasteiger partial charge in [-0.05, 0) is 40.5 Å². The van der Waals surface area contributed by atoms with Crippen LogP contribution < -0.4 is 5.73 Å². The van der Waals surface area contributed by atoms with Crippen LogP contribution in [0.25, 0.3) is 0 Å². The predicted molar refractivity (Wildman–Crippen MR) is 117 cm³/mol. The van der Waals surface area contributed by atoms with Crippen molar-refractivity contribution < 1.29 is 23.5 Å². The molecule has 3 aromatic rings. The summed E-state index contributed by atoms with van der Waals surface area (Å²) in [6.07, 6.45) is -0.342. The number of benzene rings is 3. The molecule has 0 heterocycles. The van der Waals surface area contributed by atoms with Gasteiger partial charge in [0.2, 0.25) is 0 Å². The Bertz CT molecular complexity index is 1100. The molecule has 4 N–H and O–H groups in total. The minimum Gasteiger partial charge on any atom is -0.330 e. The lowest BCUT2D eigenvalue weighted by atomic mass is 10.1. The first-order valence-corrected chi connectivity index (χ1v) is 11.5. The second kappa shape index (κ2) is 9.98. The van der Waals surface area contributed by atoms with Crippen LogP contribution in [0.1, 0.15) is 32.6 Å². The van der Waals surface area contributed by atoms with E-state index < -0.39 is 13.4 Å². The first kappa shape index (κ1) is 22.8. The average Bonchev–Trinajstić information content (AvgIpc) is 2.73. The molecule has 0 aliphatic heterocycles. The predicted octanol–water partition coefficient (Wildman–Crippen LogP) is 3.80. The maximum absolute atomic E-state index is 13.7. The lowest BCUT2D eigenvalue weighted by Gasteiger charge is -2.24. The average molecular weight is 442 g/mol. The number of rotatable bonds is 8. The van der Waals surface area contributed by atoms with Crippen LogP contribution in [-0.4, -0.2) is 20.6 Å². The highest BCUT2D eigenvalue weighted by Crippen LogP contribution is 2.38. The molecule has 31 heavy (non-hydrogen) atoms. The Morgan fingerprint density at radius 3 is 2.13 bits per heavy atom. The largest absolute Gasteiger partial charge is 0.330 e. The number of hydrogen-bond acceptors (Lipinski definition) is 3. The van der Waals surface area contributed by atoms with Crippen molar-refractivity contribution in [3.05, 3.63) is 106 Å². The van der Waals surface area contributed by atoms with Crippen molar-refractivity contribution in [1.82, 2.24) is 4.90 Å². The van der Waals surface area contributed by atoms with Gasteiger partial charge in [0, 0.05) is 25.2 Å². The number of amides is 1. The van der Waals surface area contributed by atoms with Gasteiger partial charge in [0.1, 0.15) is 5.82 Å². The summed E-state index contributed by atoms with van der Waals surface area (Å²) in [6.45, 7) is 0.929. The third-order valence-electron chi connectivity index (χ3n) is 4.74. The van der Waals surface area contributed by atoms with Gasteiger partial charge in [0.25, 0.3) is 5.91 Å². The Balaban J connectivity index is 1.86. The highest BCUT2D eigenvalue weighted by atomic mass is 31.2. The molecular weight excluding hydrogens is 418 g/mol. The molecule has 3 rings (SSSR count). The smallest absolute Gasteiger partial charge is 0.329 e. The van der Waals surface area contributed by atoms with Crippen LogP contribution in [0.4, 0.5) is 4.39 Å². The number of halogens is 1. The molecule has 162 valence electrons. The SMILES string of the molecule is NCc1cccc(CN(Cc2ccc(CP(=O)(O)O)cc2)C(=O)c2cccc(F)c2)c1. The third kappa shape index (κ3) is 6.84. The Hall–Kier alpha value is -2.83. The molecule has 0 saturated carbocycles. The Morgan fingerprint density at radius 1 is 0.871 bits per heavy atom. The van der Waals surface area contributed by atoms with E-state index in [1.165, 1.54) is 18.2 Å². The zero-order valence-corrected chi connectivity index (χ0v) is 17.7. The first-order chi connectivity index (χ1) is 14.7. The quantitative estimate of drug-likeness (QED) is 0.461.